The van der Waals surface area contributed by atoms with Crippen LogP contribution in [0.5, 0.6) is 0 Å². The van der Waals surface area contributed by atoms with E-state index in [9.17, 15) is 19.2 Å². The predicted molar refractivity (Wildman–Crippen MR) is 170 cm³/mol. The van der Waals surface area contributed by atoms with Crippen LogP contribution in [0, 0.1) is 0 Å². The molecule has 0 bridgehead atoms. The van der Waals surface area contributed by atoms with Crippen LogP contribution in [0.25, 0.3) is 5.57 Å². The van der Waals surface area contributed by atoms with E-state index in [-0.39, 0.29) is 38.1 Å². The van der Waals surface area contributed by atoms with Crippen LogP contribution in [0.15, 0.2) is 65.3 Å². The van der Waals surface area contributed by atoms with Crippen molar-refractivity contribution in [3.05, 3.63) is 76.5 Å². The normalized spacial score (nSPS) is 10.9. The number of ether oxygens (including phenoxy) is 2. The number of nitrogens with one attached hydrogen (secondary N) is 2. The lowest BCUT2D eigenvalue weighted by atomic mass is 10.1. The molecule has 11 heteroatoms. The standard InChI is InChI=1S/C32H43BrN4O6/c1-4-5-6-7-11-14-29(38)35-21-30(39)34-19-20-36(2)31(40)42-23-27(26-12-9-8-10-13-26)24-43-32(41)37(3)22-25-15-17-28(33)18-16-25/h8-10,12-13,15-18,23H,4-7,11,14,19-22,24H2,1-3H3,(H,34,39)(H,35,38)/b27-23-. The van der Waals surface area contributed by atoms with Gasteiger partial charge in [-0.1, -0.05) is 91.0 Å². The van der Waals surface area contributed by atoms with Gasteiger partial charge in [0.2, 0.25) is 11.8 Å². The van der Waals surface area contributed by atoms with Crippen LogP contribution in [-0.2, 0) is 25.6 Å². The van der Waals surface area contributed by atoms with Gasteiger partial charge in [-0.2, -0.15) is 0 Å². The number of rotatable bonds is 17. The number of halogens is 1. The van der Waals surface area contributed by atoms with E-state index in [1.54, 1.807) is 14.1 Å². The van der Waals surface area contributed by atoms with Gasteiger partial charge in [-0.05, 0) is 29.7 Å². The molecule has 43 heavy (non-hydrogen) atoms. The number of unbranched alkanes of at least 4 members (excludes halogenated alkanes) is 4. The molecular weight excluding hydrogens is 616 g/mol. The van der Waals surface area contributed by atoms with Gasteiger partial charge < -0.3 is 29.9 Å². The molecule has 0 atom stereocenters. The second-order valence-corrected chi connectivity index (χ2v) is 11.1. The molecule has 4 amide bonds. The molecule has 2 rings (SSSR count). The summed E-state index contributed by atoms with van der Waals surface area (Å²) in [6, 6.07) is 16.8. The fourth-order valence-corrected chi connectivity index (χ4v) is 4.16. The average molecular weight is 660 g/mol. The van der Waals surface area contributed by atoms with E-state index in [0.29, 0.717) is 18.5 Å². The van der Waals surface area contributed by atoms with Crippen molar-refractivity contribution in [2.45, 2.75) is 52.0 Å². The third-order valence-corrected chi connectivity index (χ3v) is 7.01. The predicted octanol–water partition coefficient (Wildman–Crippen LogP) is 5.72. The Bertz CT molecular complexity index is 1190. The van der Waals surface area contributed by atoms with Gasteiger partial charge in [-0.15, -0.1) is 0 Å². The maximum Gasteiger partial charge on any atom is 0.414 e. The highest BCUT2D eigenvalue weighted by atomic mass is 79.9. The Labute approximate surface area is 262 Å². The van der Waals surface area contributed by atoms with E-state index in [4.69, 9.17) is 9.47 Å². The van der Waals surface area contributed by atoms with Gasteiger partial charge >= 0.3 is 12.2 Å². The fraction of sp³-hybridized carbons (Fsp3) is 0.438. The van der Waals surface area contributed by atoms with Crippen molar-refractivity contribution < 1.29 is 28.7 Å². The number of carbonyl (C=O) groups is 4. The molecule has 0 aliphatic heterocycles. The van der Waals surface area contributed by atoms with Crippen molar-refractivity contribution in [3.63, 3.8) is 0 Å². The summed E-state index contributed by atoms with van der Waals surface area (Å²) in [6.45, 7) is 2.68. The Morgan fingerprint density at radius 2 is 1.53 bits per heavy atom. The Kier molecular flexibility index (Phi) is 16.5. The smallest absolute Gasteiger partial charge is 0.414 e. The summed E-state index contributed by atoms with van der Waals surface area (Å²) >= 11 is 3.40. The van der Waals surface area contributed by atoms with E-state index in [1.807, 2.05) is 54.6 Å². The van der Waals surface area contributed by atoms with Gasteiger partial charge in [-0.3, -0.25) is 9.59 Å². The Morgan fingerprint density at radius 1 is 0.837 bits per heavy atom. The van der Waals surface area contributed by atoms with E-state index in [2.05, 4.69) is 33.5 Å². The maximum absolute atomic E-state index is 12.6. The molecule has 0 radical (unpaired) electrons. The SMILES string of the molecule is CCCCCCCC(=O)NCC(=O)NCCN(C)C(=O)O/C=C(/COC(=O)N(C)Cc1ccc(Br)cc1)c1ccccc1. The van der Waals surface area contributed by atoms with E-state index >= 15 is 0 Å². The van der Waals surface area contributed by atoms with E-state index in [1.165, 1.54) is 16.1 Å². The molecule has 0 aromatic heterocycles. The molecule has 0 aliphatic carbocycles. The molecule has 2 aromatic rings. The summed E-state index contributed by atoms with van der Waals surface area (Å²) in [7, 11) is 3.19. The second kappa shape index (κ2) is 20.1. The highest BCUT2D eigenvalue weighted by molar-refractivity contribution is 9.10. The molecule has 0 fully saturated rings. The van der Waals surface area contributed by atoms with Crippen LogP contribution in [0.1, 0.15) is 56.6 Å². The summed E-state index contributed by atoms with van der Waals surface area (Å²) in [5.41, 5.74) is 2.19. The van der Waals surface area contributed by atoms with Crippen LogP contribution in [0.4, 0.5) is 9.59 Å². The number of hydrogen-bond acceptors (Lipinski definition) is 6. The van der Waals surface area contributed by atoms with Crippen LogP contribution >= 0.6 is 15.9 Å². The highest BCUT2D eigenvalue weighted by Crippen LogP contribution is 2.17. The van der Waals surface area contributed by atoms with Crippen LogP contribution in [-0.4, -0.2) is 74.1 Å². The molecule has 234 valence electrons. The zero-order valence-electron chi connectivity index (χ0n) is 25.3. The molecule has 0 heterocycles. The molecule has 0 saturated heterocycles. The lowest BCUT2D eigenvalue weighted by Crippen LogP contribution is -2.40. The molecule has 0 unspecified atom stereocenters. The summed E-state index contributed by atoms with van der Waals surface area (Å²) in [5, 5.41) is 5.30. The van der Waals surface area contributed by atoms with Crippen LogP contribution in [0.3, 0.4) is 0 Å². The van der Waals surface area contributed by atoms with Crippen molar-refractivity contribution in [1.29, 1.82) is 0 Å². The van der Waals surface area contributed by atoms with Crippen molar-refractivity contribution in [2.24, 2.45) is 0 Å². The molecule has 0 spiro atoms. The van der Waals surface area contributed by atoms with Gasteiger partial charge in [-0.25, -0.2) is 9.59 Å². The topological polar surface area (TPSA) is 117 Å². The van der Waals surface area contributed by atoms with Crippen LogP contribution in [0.2, 0.25) is 0 Å². The van der Waals surface area contributed by atoms with Crippen molar-refractivity contribution in [2.75, 3.05) is 40.3 Å². The van der Waals surface area contributed by atoms with Gasteiger partial charge in [0.05, 0.1) is 6.54 Å². The van der Waals surface area contributed by atoms with Crippen LogP contribution < -0.4 is 10.6 Å². The minimum atomic E-state index is -0.641. The Balaban J connectivity index is 1.78. The number of hydrogen-bond donors (Lipinski definition) is 2. The highest BCUT2D eigenvalue weighted by Gasteiger charge is 2.15. The largest absolute Gasteiger partial charge is 0.444 e. The number of likely N-dealkylation sites (N-methyl/N-ethyl adjacent to an activating group) is 1. The molecule has 2 N–H and O–H groups in total. The number of carbonyl (C=O) groups excluding carboxylic acids is 4. The number of nitrogens with zero attached hydrogens (tertiary/aromatic N) is 2. The zero-order chi connectivity index (χ0) is 31.5. The lowest BCUT2D eigenvalue weighted by molar-refractivity contribution is -0.126. The summed E-state index contributed by atoms with van der Waals surface area (Å²) < 4.78 is 11.8. The maximum atomic E-state index is 12.6. The molecule has 0 saturated carbocycles. The first-order chi connectivity index (χ1) is 20.7. The Hall–Kier alpha value is -3.86. The summed E-state index contributed by atoms with van der Waals surface area (Å²) in [5.74, 6) is -0.477. The van der Waals surface area contributed by atoms with Crippen molar-refractivity contribution in [3.8, 4) is 0 Å². The van der Waals surface area contributed by atoms with Gasteiger partial charge in [0, 0.05) is 50.2 Å². The van der Waals surface area contributed by atoms with Gasteiger partial charge in [0.15, 0.2) is 0 Å². The third kappa shape index (κ3) is 14.7. The van der Waals surface area contributed by atoms with E-state index < -0.39 is 12.2 Å². The molecule has 0 aliphatic rings. The number of benzene rings is 2. The van der Waals surface area contributed by atoms with Gasteiger partial charge in [0.25, 0.3) is 0 Å². The fourth-order valence-electron chi connectivity index (χ4n) is 3.90. The molecular formula is C32H43BrN4O6. The quantitative estimate of drug-likeness (QED) is 0.166. The third-order valence-electron chi connectivity index (χ3n) is 6.48. The first-order valence-corrected chi connectivity index (χ1v) is 15.3. The minimum Gasteiger partial charge on any atom is -0.444 e. The summed E-state index contributed by atoms with van der Waals surface area (Å²) in [6.07, 6.45) is 5.76. The zero-order valence-corrected chi connectivity index (χ0v) is 26.9. The Morgan fingerprint density at radius 3 is 2.23 bits per heavy atom. The molecule has 2 aromatic carbocycles. The first-order valence-electron chi connectivity index (χ1n) is 14.5. The summed E-state index contributed by atoms with van der Waals surface area (Å²) in [4.78, 5) is 51.9. The molecule has 10 nitrogen and oxygen atoms in total. The lowest BCUT2D eigenvalue weighted by Gasteiger charge is -2.19. The van der Waals surface area contributed by atoms with E-state index in [0.717, 1.165) is 47.7 Å². The van der Waals surface area contributed by atoms with Crippen molar-refractivity contribution in [1.82, 2.24) is 20.4 Å². The monoisotopic (exact) mass is 658 g/mol. The van der Waals surface area contributed by atoms with Gasteiger partial charge in [0.1, 0.15) is 12.9 Å². The average Bonchev–Trinajstić information content (AvgIpc) is 3.01. The number of amides is 4. The minimum absolute atomic E-state index is 0.106. The second-order valence-electron chi connectivity index (χ2n) is 10.1. The first kappa shape index (κ1) is 35.3. The van der Waals surface area contributed by atoms with Crippen molar-refractivity contribution >= 4 is 45.5 Å².